The Hall–Kier alpha value is -2.38. The van der Waals surface area contributed by atoms with Crippen LogP contribution in [0.5, 0.6) is 11.5 Å². The third-order valence-electron chi connectivity index (χ3n) is 5.31. The van der Waals surface area contributed by atoms with Gasteiger partial charge in [0.1, 0.15) is 23.4 Å². The summed E-state index contributed by atoms with van der Waals surface area (Å²) in [6, 6.07) is 8.23. The molecule has 1 N–H and O–H groups in total. The van der Waals surface area contributed by atoms with E-state index >= 15 is 0 Å². The number of nitrogens with zero attached hydrogens (tertiary/aromatic N) is 3. The first kappa shape index (κ1) is 24.7. The van der Waals surface area contributed by atoms with Crippen molar-refractivity contribution in [3.05, 3.63) is 46.9 Å². The highest BCUT2D eigenvalue weighted by Crippen LogP contribution is 2.35. The Morgan fingerprint density at radius 2 is 2.18 bits per heavy atom. The van der Waals surface area contributed by atoms with E-state index in [1.807, 2.05) is 4.90 Å². The molecule has 4 rings (SSSR count). The molecule has 34 heavy (non-hydrogen) atoms. The fourth-order valence-electron chi connectivity index (χ4n) is 3.61. The Morgan fingerprint density at radius 1 is 1.32 bits per heavy atom. The molecule has 0 bridgehead atoms. The molecule has 1 fully saturated rings. The van der Waals surface area contributed by atoms with Crippen LogP contribution in [0.15, 0.2) is 41.1 Å². The minimum absolute atomic E-state index is 0.286. The zero-order valence-electron chi connectivity index (χ0n) is 18.3. The fraction of sp³-hybridized carbons (Fsp3) is 0.364. The zero-order chi connectivity index (χ0) is 24.1. The van der Waals surface area contributed by atoms with Crippen LogP contribution >= 0.6 is 15.9 Å². The molecule has 2 unspecified atom stereocenters. The number of halogens is 2. The summed E-state index contributed by atoms with van der Waals surface area (Å²) in [6.07, 6.45) is 2.09. The Morgan fingerprint density at radius 3 is 2.94 bits per heavy atom. The number of hydrogen-bond acceptors (Lipinski definition) is 9. The minimum atomic E-state index is -2.25. The lowest BCUT2D eigenvalue weighted by Gasteiger charge is -2.33. The largest absolute Gasteiger partial charge is 0.770 e. The summed E-state index contributed by atoms with van der Waals surface area (Å²) in [5.74, 6) is 1.04. The maximum absolute atomic E-state index is 14.3. The number of methoxy groups -OCH3 is 1. The van der Waals surface area contributed by atoms with Crippen LogP contribution in [0.1, 0.15) is 6.42 Å². The fourth-order valence-corrected chi connectivity index (χ4v) is 4.49. The number of aromatic nitrogens is 2. The number of rotatable bonds is 9. The first-order valence-corrected chi connectivity index (χ1v) is 12.5. The maximum Gasteiger partial charge on any atom is 0.163 e. The molecule has 1 saturated heterocycles. The van der Waals surface area contributed by atoms with Crippen LogP contribution in [0.2, 0.25) is 0 Å². The first-order chi connectivity index (χ1) is 16.4. The number of ether oxygens (including phenoxy) is 3. The van der Waals surface area contributed by atoms with E-state index in [2.05, 4.69) is 31.2 Å². The molecule has 1 aliphatic rings. The topological polar surface area (TPSA) is 109 Å². The molecule has 2 heterocycles. The monoisotopic (exact) mass is 553 g/mol. The molecule has 0 saturated carbocycles. The SMILES string of the molecule is COc1cc2c(Nc3ccc(Br)cc3F)ncnc2cc1OCCCN1CCOC(S(=O)[O-])C1. The molecule has 2 atom stereocenters. The van der Waals surface area contributed by atoms with E-state index in [0.717, 1.165) is 0 Å². The van der Waals surface area contributed by atoms with Gasteiger partial charge in [-0.3, -0.25) is 9.11 Å². The van der Waals surface area contributed by atoms with Crippen LogP contribution in [-0.2, 0) is 15.8 Å². The lowest BCUT2D eigenvalue weighted by Crippen LogP contribution is -2.44. The third kappa shape index (κ3) is 5.99. The van der Waals surface area contributed by atoms with Crippen molar-refractivity contribution in [1.82, 2.24) is 14.9 Å². The average Bonchev–Trinajstić information content (AvgIpc) is 2.83. The number of benzene rings is 2. The minimum Gasteiger partial charge on any atom is -0.770 e. The molecule has 0 radical (unpaired) electrons. The van der Waals surface area contributed by atoms with Gasteiger partial charge in [0.05, 0.1) is 31.5 Å². The number of hydrogen-bond donors (Lipinski definition) is 1. The van der Waals surface area contributed by atoms with Crippen LogP contribution < -0.4 is 14.8 Å². The van der Waals surface area contributed by atoms with Gasteiger partial charge in [-0.2, -0.15) is 0 Å². The van der Waals surface area contributed by atoms with Gasteiger partial charge in [-0.05, 0) is 41.8 Å². The summed E-state index contributed by atoms with van der Waals surface area (Å²) in [7, 11) is 1.54. The predicted molar refractivity (Wildman–Crippen MR) is 129 cm³/mol. The van der Waals surface area contributed by atoms with E-state index in [4.69, 9.17) is 14.2 Å². The lowest BCUT2D eigenvalue weighted by molar-refractivity contribution is 0.0106. The molecule has 9 nitrogen and oxygen atoms in total. The van der Waals surface area contributed by atoms with Crippen LogP contribution in [0.4, 0.5) is 15.9 Å². The molecule has 0 aliphatic carbocycles. The Balaban J connectivity index is 1.44. The third-order valence-corrected chi connectivity index (χ3v) is 6.52. The average molecular weight is 554 g/mol. The highest BCUT2D eigenvalue weighted by Gasteiger charge is 2.20. The summed E-state index contributed by atoms with van der Waals surface area (Å²) in [5, 5.41) is 3.66. The Bertz CT molecular complexity index is 1190. The van der Waals surface area contributed by atoms with Gasteiger partial charge in [0, 0.05) is 35.6 Å². The van der Waals surface area contributed by atoms with Crippen LogP contribution in [-0.4, -0.2) is 69.0 Å². The van der Waals surface area contributed by atoms with E-state index in [1.54, 1.807) is 24.3 Å². The highest BCUT2D eigenvalue weighted by atomic mass is 79.9. The second kappa shape index (κ2) is 11.4. The van der Waals surface area contributed by atoms with Crippen LogP contribution in [0.25, 0.3) is 10.9 Å². The molecule has 0 spiro atoms. The molecule has 182 valence electrons. The number of nitrogens with one attached hydrogen (secondary N) is 1. The van der Waals surface area contributed by atoms with E-state index in [0.29, 0.717) is 72.0 Å². The van der Waals surface area contributed by atoms with Crippen molar-refractivity contribution in [2.45, 2.75) is 11.9 Å². The van der Waals surface area contributed by atoms with Gasteiger partial charge < -0.3 is 24.1 Å². The van der Waals surface area contributed by atoms with Crippen LogP contribution in [0.3, 0.4) is 0 Å². The molecule has 2 aromatic carbocycles. The molecule has 1 aromatic heterocycles. The summed E-state index contributed by atoms with van der Waals surface area (Å²) in [5.41, 5.74) is 0.108. The Kier molecular flexibility index (Phi) is 8.27. The molecular formula is C22H23BrFN4O5S-. The molecular weight excluding hydrogens is 531 g/mol. The van der Waals surface area contributed by atoms with Crippen molar-refractivity contribution >= 4 is 49.4 Å². The van der Waals surface area contributed by atoms with Gasteiger partial charge in [0.25, 0.3) is 0 Å². The summed E-state index contributed by atoms with van der Waals surface area (Å²) < 4.78 is 53.9. The van der Waals surface area contributed by atoms with E-state index < -0.39 is 22.3 Å². The van der Waals surface area contributed by atoms with Gasteiger partial charge >= 0.3 is 0 Å². The van der Waals surface area contributed by atoms with Gasteiger partial charge in [0.15, 0.2) is 11.5 Å². The molecule has 1 aliphatic heterocycles. The van der Waals surface area contributed by atoms with Crippen molar-refractivity contribution in [1.29, 1.82) is 0 Å². The number of morpholine rings is 1. The quantitative estimate of drug-likeness (QED) is 0.314. The summed E-state index contributed by atoms with van der Waals surface area (Å²) >= 11 is 1.00. The van der Waals surface area contributed by atoms with Crippen molar-refractivity contribution in [3.8, 4) is 11.5 Å². The summed E-state index contributed by atoms with van der Waals surface area (Å²) in [4.78, 5) is 10.6. The van der Waals surface area contributed by atoms with Crippen molar-refractivity contribution in [3.63, 3.8) is 0 Å². The van der Waals surface area contributed by atoms with Gasteiger partial charge in [0.2, 0.25) is 0 Å². The lowest BCUT2D eigenvalue weighted by atomic mass is 10.2. The van der Waals surface area contributed by atoms with Crippen molar-refractivity contribution in [2.24, 2.45) is 0 Å². The van der Waals surface area contributed by atoms with Crippen LogP contribution in [0, 0.1) is 5.82 Å². The molecule has 3 aromatic rings. The highest BCUT2D eigenvalue weighted by molar-refractivity contribution is 9.10. The number of fused-ring (bicyclic) bond motifs is 1. The smallest absolute Gasteiger partial charge is 0.163 e. The number of anilines is 2. The first-order valence-electron chi connectivity index (χ1n) is 10.5. The second-order valence-corrected chi connectivity index (χ2v) is 9.52. The molecule has 12 heteroatoms. The summed E-state index contributed by atoms with van der Waals surface area (Å²) in [6.45, 7) is 2.50. The molecule has 0 amide bonds. The van der Waals surface area contributed by atoms with Gasteiger partial charge in [-0.1, -0.05) is 15.9 Å². The van der Waals surface area contributed by atoms with Gasteiger partial charge in [-0.25, -0.2) is 14.4 Å². The van der Waals surface area contributed by atoms with Gasteiger partial charge in [-0.15, -0.1) is 0 Å². The zero-order valence-corrected chi connectivity index (χ0v) is 20.7. The van der Waals surface area contributed by atoms with E-state index in [-0.39, 0.29) is 5.69 Å². The van der Waals surface area contributed by atoms with E-state index in [9.17, 15) is 13.2 Å². The Labute approximate surface area is 207 Å². The standard InChI is InChI=1S/C22H24BrFN4O5S/c1-31-19-10-15-18(25-13-26-22(15)27-17-4-3-14(23)9-16(17)24)11-20(19)32-7-2-5-28-6-8-33-21(12-28)34(29)30/h3-4,9-11,13,21H,2,5-8,12H2,1H3,(H,29,30)(H,25,26,27)/p-1. The maximum atomic E-state index is 14.3. The second-order valence-electron chi connectivity index (χ2n) is 7.56. The van der Waals surface area contributed by atoms with Crippen molar-refractivity contribution < 1.29 is 27.4 Å². The van der Waals surface area contributed by atoms with E-state index in [1.165, 1.54) is 19.5 Å². The van der Waals surface area contributed by atoms with Crippen molar-refractivity contribution in [2.75, 3.05) is 45.3 Å². The normalized spacial score (nSPS) is 17.5. The predicted octanol–water partition coefficient (Wildman–Crippen LogP) is 3.59.